The molecule has 0 aromatic heterocycles. The van der Waals surface area contributed by atoms with Gasteiger partial charge in [0.1, 0.15) is 0 Å². The number of halogens is 3. The summed E-state index contributed by atoms with van der Waals surface area (Å²) in [5.41, 5.74) is -4.04. The predicted molar refractivity (Wildman–Crippen MR) is 111 cm³/mol. The molecule has 1 amide bonds. The molecule has 13 heteroatoms. The number of rotatable bonds is 8. The molecule has 8 nitrogen and oxygen atoms in total. The molecule has 2 aliphatic rings. The van der Waals surface area contributed by atoms with Crippen molar-refractivity contribution in [2.45, 2.75) is 29.3 Å². The van der Waals surface area contributed by atoms with E-state index in [0.29, 0.717) is 18.8 Å². The Hall–Kier alpha value is -1.54. The molecule has 0 spiro atoms. The number of ether oxygens (including phenoxy) is 2. The van der Waals surface area contributed by atoms with Gasteiger partial charge in [-0.15, -0.1) is 0 Å². The van der Waals surface area contributed by atoms with Crippen molar-refractivity contribution in [3.05, 3.63) is 18.2 Å². The van der Waals surface area contributed by atoms with Crippen LogP contribution in [0.5, 0.6) is 0 Å². The van der Waals surface area contributed by atoms with Crippen LogP contribution in [-0.2, 0) is 24.3 Å². The standard InChI is InChI=1S/C18H24F3N3O5S2/c19-18(20,21)30-12-17(25)23-16-10-14(31(26,27)24-5-8-28-9-6-24)3-4-15(16)22-11-13-2-1-7-29-13/h3-4,10,13,22H,1-2,5-9,11-12H2,(H,23,25). The third-order valence-corrected chi connectivity index (χ3v) is 7.41. The van der Waals surface area contributed by atoms with Gasteiger partial charge in [-0.2, -0.15) is 17.5 Å². The maximum Gasteiger partial charge on any atom is 0.442 e. The van der Waals surface area contributed by atoms with Gasteiger partial charge >= 0.3 is 5.51 Å². The Morgan fingerprint density at radius 2 is 1.94 bits per heavy atom. The number of alkyl halides is 3. The molecule has 1 aromatic carbocycles. The molecular weight excluding hydrogens is 459 g/mol. The number of morpholine rings is 1. The fraction of sp³-hybridized carbons (Fsp3) is 0.611. The number of hydrogen-bond acceptors (Lipinski definition) is 7. The molecule has 3 rings (SSSR count). The van der Waals surface area contributed by atoms with E-state index in [9.17, 15) is 26.4 Å². The molecule has 1 atom stereocenters. The summed E-state index contributed by atoms with van der Waals surface area (Å²) in [6.07, 6.45) is 1.77. The summed E-state index contributed by atoms with van der Waals surface area (Å²) in [6.45, 7) is 2.03. The second kappa shape index (κ2) is 10.4. The fourth-order valence-corrected chi connectivity index (χ4v) is 5.04. The summed E-state index contributed by atoms with van der Waals surface area (Å²) in [5, 5.41) is 5.50. The largest absolute Gasteiger partial charge is 0.442 e. The quantitative estimate of drug-likeness (QED) is 0.586. The average Bonchev–Trinajstić information content (AvgIpc) is 3.25. The number of hydrogen-bond donors (Lipinski definition) is 2. The first-order valence-corrected chi connectivity index (χ1v) is 12.2. The molecule has 2 fully saturated rings. The van der Waals surface area contributed by atoms with Crippen LogP contribution in [-0.4, -0.2) is 75.5 Å². The van der Waals surface area contributed by atoms with Gasteiger partial charge in [-0.1, -0.05) is 0 Å². The Kier molecular flexibility index (Phi) is 8.08. The smallest absolute Gasteiger partial charge is 0.381 e. The molecule has 0 saturated carbocycles. The van der Waals surface area contributed by atoms with E-state index >= 15 is 0 Å². The number of carbonyl (C=O) groups excluding carboxylic acids is 1. The average molecular weight is 484 g/mol. The number of amides is 1. The molecule has 174 valence electrons. The van der Waals surface area contributed by atoms with Gasteiger partial charge in [-0.05, 0) is 42.8 Å². The summed E-state index contributed by atoms with van der Waals surface area (Å²) < 4.78 is 75.1. The first-order chi connectivity index (χ1) is 14.6. The van der Waals surface area contributed by atoms with Crippen LogP contribution in [0.1, 0.15) is 12.8 Å². The van der Waals surface area contributed by atoms with Gasteiger partial charge in [0.2, 0.25) is 15.9 Å². The minimum Gasteiger partial charge on any atom is -0.381 e. The van der Waals surface area contributed by atoms with E-state index in [2.05, 4.69) is 10.6 Å². The van der Waals surface area contributed by atoms with Crippen molar-refractivity contribution >= 4 is 39.1 Å². The zero-order chi connectivity index (χ0) is 22.5. The number of benzene rings is 1. The molecule has 1 aromatic rings. The van der Waals surface area contributed by atoms with Crippen molar-refractivity contribution in [1.29, 1.82) is 0 Å². The van der Waals surface area contributed by atoms with Gasteiger partial charge in [-0.25, -0.2) is 8.42 Å². The van der Waals surface area contributed by atoms with Crippen molar-refractivity contribution in [2.24, 2.45) is 0 Å². The van der Waals surface area contributed by atoms with E-state index in [4.69, 9.17) is 9.47 Å². The number of nitrogens with zero attached hydrogens (tertiary/aromatic N) is 1. The minimum absolute atomic E-state index is 0.0268. The van der Waals surface area contributed by atoms with E-state index in [1.54, 1.807) is 0 Å². The lowest BCUT2D eigenvalue weighted by Gasteiger charge is -2.26. The first-order valence-electron chi connectivity index (χ1n) is 9.73. The molecule has 0 radical (unpaired) electrons. The van der Waals surface area contributed by atoms with Crippen LogP contribution >= 0.6 is 11.8 Å². The summed E-state index contributed by atoms with van der Waals surface area (Å²) in [4.78, 5) is 12.0. The third-order valence-electron chi connectivity index (χ3n) is 4.78. The van der Waals surface area contributed by atoms with Crippen molar-refractivity contribution in [2.75, 3.05) is 55.8 Å². The molecular formula is C18H24F3N3O5S2. The second-order valence-electron chi connectivity index (χ2n) is 7.02. The second-order valence-corrected chi connectivity index (χ2v) is 10.0. The molecule has 2 N–H and O–H groups in total. The van der Waals surface area contributed by atoms with E-state index < -0.39 is 39.0 Å². The number of anilines is 2. The topological polar surface area (TPSA) is 97.0 Å². The van der Waals surface area contributed by atoms with Gasteiger partial charge in [0.15, 0.2) is 0 Å². The molecule has 0 bridgehead atoms. The summed E-state index contributed by atoms with van der Waals surface area (Å²) in [6, 6.07) is 4.16. The van der Waals surface area contributed by atoms with Crippen LogP contribution in [0.2, 0.25) is 0 Å². The Morgan fingerprint density at radius 3 is 2.58 bits per heavy atom. The highest BCUT2D eigenvalue weighted by Crippen LogP contribution is 2.31. The molecule has 2 heterocycles. The third kappa shape index (κ3) is 6.97. The van der Waals surface area contributed by atoms with Gasteiger partial charge in [0, 0.05) is 26.2 Å². The molecule has 2 saturated heterocycles. The molecule has 2 aliphatic heterocycles. The normalized spacial score (nSPS) is 20.5. The van der Waals surface area contributed by atoms with Crippen molar-refractivity contribution in [3.63, 3.8) is 0 Å². The molecule has 0 aliphatic carbocycles. The van der Waals surface area contributed by atoms with E-state index in [1.165, 1.54) is 22.5 Å². The highest BCUT2D eigenvalue weighted by atomic mass is 32.2. The van der Waals surface area contributed by atoms with Gasteiger partial charge in [-0.3, -0.25) is 4.79 Å². The minimum atomic E-state index is -4.54. The maximum absolute atomic E-state index is 12.9. The predicted octanol–water partition coefficient (Wildman–Crippen LogP) is 2.49. The Balaban J connectivity index is 1.79. The Bertz CT molecular complexity index is 871. The highest BCUT2D eigenvalue weighted by Gasteiger charge is 2.30. The lowest BCUT2D eigenvalue weighted by atomic mass is 10.2. The van der Waals surface area contributed by atoms with Crippen LogP contribution < -0.4 is 10.6 Å². The summed E-state index contributed by atoms with van der Waals surface area (Å²) in [7, 11) is -3.84. The van der Waals surface area contributed by atoms with Gasteiger partial charge < -0.3 is 20.1 Å². The van der Waals surface area contributed by atoms with E-state index in [1.807, 2.05) is 0 Å². The van der Waals surface area contributed by atoms with Crippen LogP contribution in [0.4, 0.5) is 24.5 Å². The summed E-state index contributed by atoms with van der Waals surface area (Å²) in [5.74, 6) is -1.72. The zero-order valence-electron chi connectivity index (χ0n) is 16.6. The molecule has 1 unspecified atom stereocenters. The first kappa shape index (κ1) is 24.1. The van der Waals surface area contributed by atoms with Crippen LogP contribution in [0.25, 0.3) is 0 Å². The lowest BCUT2D eigenvalue weighted by molar-refractivity contribution is -0.114. The molecule has 31 heavy (non-hydrogen) atoms. The fourth-order valence-electron chi connectivity index (χ4n) is 3.24. The van der Waals surface area contributed by atoms with E-state index in [-0.39, 0.29) is 43.0 Å². The van der Waals surface area contributed by atoms with E-state index in [0.717, 1.165) is 12.8 Å². The van der Waals surface area contributed by atoms with Crippen LogP contribution in [0.3, 0.4) is 0 Å². The summed E-state index contributed by atoms with van der Waals surface area (Å²) >= 11 is -0.460. The maximum atomic E-state index is 12.9. The highest BCUT2D eigenvalue weighted by molar-refractivity contribution is 8.00. The monoisotopic (exact) mass is 483 g/mol. The van der Waals surface area contributed by atoms with Gasteiger partial charge in [0.05, 0.1) is 41.3 Å². The SMILES string of the molecule is O=C(CSC(F)(F)F)Nc1cc(S(=O)(=O)N2CCOCC2)ccc1NCC1CCCO1. The van der Waals surface area contributed by atoms with Crippen molar-refractivity contribution < 1.29 is 35.9 Å². The van der Waals surface area contributed by atoms with Crippen molar-refractivity contribution in [1.82, 2.24) is 4.31 Å². The Labute approximate surface area is 182 Å². The number of thioether (sulfide) groups is 1. The van der Waals surface area contributed by atoms with Crippen molar-refractivity contribution in [3.8, 4) is 0 Å². The van der Waals surface area contributed by atoms with Gasteiger partial charge in [0.25, 0.3) is 0 Å². The lowest BCUT2D eigenvalue weighted by Crippen LogP contribution is -2.40. The Morgan fingerprint density at radius 1 is 1.19 bits per heavy atom. The number of carbonyl (C=O) groups is 1. The van der Waals surface area contributed by atoms with Crippen LogP contribution in [0.15, 0.2) is 23.1 Å². The van der Waals surface area contributed by atoms with Crippen LogP contribution in [0, 0.1) is 0 Å². The number of nitrogens with one attached hydrogen (secondary N) is 2. The zero-order valence-corrected chi connectivity index (χ0v) is 18.2. The number of sulfonamides is 1.